The molecule has 0 aliphatic carbocycles. The topological polar surface area (TPSA) is 92.6 Å². The summed E-state index contributed by atoms with van der Waals surface area (Å²) >= 11 is 0. The smallest absolute Gasteiger partial charge is 0.399 e. The van der Waals surface area contributed by atoms with Gasteiger partial charge in [0.2, 0.25) is 0 Å². The van der Waals surface area contributed by atoms with Gasteiger partial charge in [0.1, 0.15) is 12.8 Å². The van der Waals surface area contributed by atoms with Gasteiger partial charge < -0.3 is 15.1 Å². The Bertz CT molecular complexity index is 349. The van der Waals surface area contributed by atoms with Crippen LogP contribution in [0.15, 0.2) is 10.3 Å². The van der Waals surface area contributed by atoms with Crippen molar-refractivity contribution in [3.05, 3.63) is 0 Å². The molecule has 96 valence electrons. The summed E-state index contributed by atoms with van der Waals surface area (Å²) < 4.78 is 0. The monoisotopic (exact) mass is 244 g/mol. The number of nitrogens with zero attached hydrogens (tertiary/aromatic N) is 3. The van der Waals surface area contributed by atoms with Crippen molar-refractivity contribution in [2.45, 2.75) is 6.92 Å². The van der Waals surface area contributed by atoms with Gasteiger partial charge in [-0.25, -0.2) is 4.79 Å². The third-order valence-electron chi connectivity index (χ3n) is 1.59. The molecule has 0 heterocycles. The van der Waals surface area contributed by atoms with E-state index >= 15 is 0 Å². The predicted molar refractivity (Wildman–Crippen MR) is 61.8 cm³/mol. The zero-order valence-corrected chi connectivity index (χ0v) is 10.5. The summed E-state index contributed by atoms with van der Waals surface area (Å²) in [5.41, 5.74) is 0.0583. The quantitative estimate of drug-likeness (QED) is 0.421. The molecule has 0 saturated carbocycles. The zero-order valence-electron chi connectivity index (χ0n) is 10.5. The van der Waals surface area contributed by atoms with Gasteiger partial charge in [-0.15, -0.1) is 0 Å². The van der Waals surface area contributed by atoms with Gasteiger partial charge in [0.05, 0.1) is 0 Å². The molecule has 0 atom stereocenters. The molecule has 1 N–H and O–H groups in total. The molecule has 0 radical (unpaired) electrons. The molecule has 0 saturated heterocycles. The summed E-state index contributed by atoms with van der Waals surface area (Å²) in [6.07, 6.45) is -0.698. The minimum absolute atomic E-state index is 0.135. The SMILES string of the molecule is CNC(=O)C(=N\OC(=O)N(C)C)/C(C)=N/OC. The number of oxime groups is 2. The number of rotatable bonds is 4. The summed E-state index contributed by atoms with van der Waals surface area (Å²) in [4.78, 5) is 32.8. The molecular weight excluding hydrogens is 228 g/mol. The van der Waals surface area contributed by atoms with E-state index in [0.29, 0.717) is 0 Å². The molecule has 0 rings (SSSR count). The van der Waals surface area contributed by atoms with E-state index in [1.807, 2.05) is 0 Å². The van der Waals surface area contributed by atoms with Gasteiger partial charge in [0.25, 0.3) is 5.91 Å². The first-order valence-corrected chi connectivity index (χ1v) is 4.70. The molecular formula is C9H16N4O4. The fourth-order valence-corrected chi connectivity index (χ4v) is 0.737. The molecule has 0 aliphatic rings. The minimum Gasteiger partial charge on any atom is -0.399 e. The van der Waals surface area contributed by atoms with Crippen LogP contribution in [-0.2, 0) is 14.5 Å². The number of nitrogens with one attached hydrogen (secondary N) is 1. The van der Waals surface area contributed by atoms with E-state index in [-0.39, 0.29) is 11.4 Å². The number of amides is 2. The highest BCUT2D eigenvalue weighted by Crippen LogP contribution is 1.92. The van der Waals surface area contributed by atoms with Crippen LogP contribution < -0.4 is 5.32 Å². The first-order chi connectivity index (χ1) is 7.93. The van der Waals surface area contributed by atoms with Gasteiger partial charge in [-0.1, -0.05) is 10.3 Å². The van der Waals surface area contributed by atoms with Crippen LogP contribution in [0.25, 0.3) is 0 Å². The van der Waals surface area contributed by atoms with E-state index in [1.54, 1.807) is 0 Å². The van der Waals surface area contributed by atoms with E-state index in [1.165, 1.54) is 40.1 Å². The fraction of sp³-hybridized carbons (Fsp3) is 0.556. The van der Waals surface area contributed by atoms with Gasteiger partial charge in [-0.2, -0.15) is 0 Å². The Morgan fingerprint density at radius 2 is 1.82 bits per heavy atom. The molecule has 0 bridgehead atoms. The van der Waals surface area contributed by atoms with E-state index in [2.05, 4.69) is 25.3 Å². The van der Waals surface area contributed by atoms with E-state index in [9.17, 15) is 9.59 Å². The van der Waals surface area contributed by atoms with Crippen LogP contribution in [0.4, 0.5) is 4.79 Å². The lowest BCUT2D eigenvalue weighted by atomic mass is 10.2. The predicted octanol–water partition coefficient (Wildman–Crippen LogP) is -0.191. The van der Waals surface area contributed by atoms with Crippen molar-refractivity contribution >= 4 is 23.4 Å². The normalized spacial score (nSPS) is 11.8. The van der Waals surface area contributed by atoms with Crippen molar-refractivity contribution in [3.8, 4) is 0 Å². The van der Waals surface area contributed by atoms with Gasteiger partial charge in [0, 0.05) is 21.1 Å². The number of carbonyl (C=O) groups is 2. The van der Waals surface area contributed by atoms with E-state index in [4.69, 9.17) is 0 Å². The number of hydrogen-bond acceptors (Lipinski definition) is 6. The molecule has 0 aromatic carbocycles. The standard InChI is InChI=1S/C9H16N4O4/c1-6(11-16-5)7(8(14)10-2)12-17-9(15)13(3)4/h1-5H3,(H,10,14)/b11-6+,12-7-. The molecule has 2 amide bonds. The first-order valence-electron chi connectivity index (χ1n) is 4.70. The summed E-state index contributed by atoms with van der Waals surface area (Å²) in [6, 6.07) is 0. The molecule has 8 heteroatoms. The van der Waals surface area contributed by atoms with Gasteiger partial charge >= 0.3 is 6.09 Å². The lowest BCUT2D eigenvalue weighted by Crippen LogP contribution is -2.33. The summed E-state index contributed by atoms with van der Waals surface area (Å²) in [6.45, 7) is 1.50. The van der Waals surface area contributed by atoms with Crippen molar-refractivity contribution in [2.75, 3.05) is 28.3 Å². The van der Waals surface area contributed by atoms with Crippen molar-refractivity contribution in [2.24, 2.45) is 10.3 Å². The largest absolute Gasteiger partial charge is 0.435 e. The second kappa shape index (κ2) is 7.20. The lowest BCUT2D eigenvalue weighted by molar-refractivity contribution is -0.114. The average Bonchev–Trinajstić information content (AvgIpc) is 2.28. The number of hydrogen-bond donors (Lipinski definition) is 1. The van der Waals surface area contributed by atoms with Crippen molar-refractivity contribution in [1.82, 2.24) is 10.2 Å². The summed E-state index contributed by atoms with van der Waals surface area (Å²) in [5, 5.41) is 9.32. The van der Waals surface area contributed by atoms with Gasteiger partial charge in [-0.05, 0) is 6.92 Å². The second-order valence-electron chi connectivity index (χ2n) is 3.13. The first kappa shape index (κ1) is 14.9. The molecule has 0 aliphatic heterocycles. The number of carbonyl (C=O) groups excluding carboxylic acids is 2. The fourth-order valence-electron chi connectivity index (χ4n) is 0.737. The minimum atomic E-state index is -0.698. The average molecular weight is 244 g/mol. The molecule has 8 nitrogen and oxygen atoms in total. The van der Waals surface area contributed by atoms with E-state index in [0.717, 1.165) is 0 Å². The maximum atomic E-state index is 11.4. The van der Waals surface area contributed by atoms with Crippen LogP contribution >= 0.6 is 0 Å². The van der Waals surface area contributed by atoms with Crippen LogP contribution in [0, 0.1) is 0 Å². The highest BCUT2D eigenvalue weighted by molar-refractivity contribution is 6.66. The van der Waals surface area contributed by atoms with Crippen LogP contribution in [0.3, 0.4) is 0 Å². The van der Waals surface area contributed by atoms with Crippen molar-refractivity contribution in [3.63, 3.8) is 0 Å². The van der Waals surface area contributed by atoms with Crippen LogP contribution in [-0.4, -0.2) is 56.6 Å². The molecule has 0 aromatic rings. The van der Waals surface area contributed by atoms with Gasteiger partial charge in [0.15, 0.2) is 5.71 Å². The Morgan fingerprint density at radius 3 is 2.24 bits per heavy atom. The Kier molecular flexibility index (Phi) is 6.30. The summed E-state index contributed by atoms with van der Waals surface area (Å²) in [5.74, 6) is -0.533. The Balaban J connectivity index is 4.94. The van der Waals surface area contributed by atoms with E-state index < -0.39 is 12.0 Å². The second-order valence-corrected chi connectivity index (χ2v) is 3.13. The maximum Gasteiger partial charge on any atom is 0.435 e. The van der Waals surface area contributed by atoms with Crippen LogP contribution in [0.5, 0.6) is 0 Å². The zero-order chi connectivity index (χ0) is 13.4. The lowest BCUT2D eigenvalue weighted by Gasteiger charge is -2.07. The maximum absolute atomic E-state index is 11.4. The van der Waals surface area contributed by atoms with Crippen molar-refractivity contribution < 1.29 is 19.3 Å². The Morgan fingerprint density at radius 1 is 1.24 bits per heavy atom. The molecule has 0 fully saturated rings. The van der Waals surface area contributed by atoms with Crippen molar-refractivity contribution in [1.29, 1.82) is 0 Å². The third-order valence-corrected chi connectivity index (χ3v) is 1.59. The molecule has 0 spiro atoms. The highest BCUT2D eigenvalue weighted by atomic mass is 16.7. The van der Waals surface area contributed by atoms with Gasteiger partial charge in [-0.3, -0.25) is 9.63 Å². The Hall–Kier alpha value is -2.12. The summed E-state index contributed by atoms with van der Waals surface area (Å²) in [7, 11) is 5.74. The van der Waals surface area contributed by atoms with Crippen LogP contribution in [0.2, 0.25) is 0 Å². The molecule has 0 unspecified atom stereocenters. The molecule has 0 aromatic heterocycles. The molecule has 17 heavy (non-hydrogen) atoms. The highest BCUT2D eigenvalue weighted by Gasteiger charge is 2.16. The third kappa shape index (κ3) is 4.96. The van der Waals surface area contributed by atoms with Crippen LogP contribution in [0.1, 0.15) is 6.92 Å². The Labute approximate surface area is 99.2 Å².